The average Bonchev–Trinajstić information content (AvgIpc) is 2.47. The third-order valence-electron chi connectivity index (χ3n) is 3.42. The summed E-state index contributed by atoms with van der Waals surface area (Å²) in [5.41, 5.74) is 3.31. The lowest BCUT2D eigenvalue weighted by molar-refractivity contribution is 0.529. The van der Waals surface area contributed by atoms with E-state index >= 15 is 0 Å². The molecule has 1 aromatic heterocycles. The number of nitrogens with zero attached hydrogens (tertiary/aromatic N) is 1. The Labute approximate surface area is 120 Å². The van der Waals surface area contributed by atoms with Gasteiger partial charge >= 0.3 is 0 Å². The number of hydrogen-bond donors (Lipinski definition) is 1. The van der Waals surface area contributed by atoms with Gasteiger partial charge in [0.25, 0.3) is 0 Å². The molecule has 0 aliphatic heterocycles. The summed E-state index contributed by atoms with van der Waals surface area (Å²) in [6.45, 7) is 5.07. The van der Waals surface area contributed by atoms with Gasteiger partial charge in [0.05, 0.1) is 11.7 Å². The number of nitrogens with one attached hydrogen (secondary N) is 1. The Bertz CT molecular complexity index is 554. The largest absolute Gasteiger partial charge is 0.309 e. The zero-order valence-corrected chi connectivity index (χ0v) is 12.1. The van der Waals surface area contributed by atoms with Crippen LogP contribution in [-0.2, 0) is 12.8 Å². The predicted molar refractivity (Wildman–Crippen MR) is 80.1 cm³/mol. The van der Waals surface area contributed by atoms with Crippen molar-refractivity contribution in [2.45, 2.75) is 32.7 Å². The van der Waals surface area contributed by atoms with Crippen LogP contribution in [0, 0.1) is 5.82 Å². The van der Waals surface area contributed by atoms with E-state index in [-0.39, 0.29) is 11.9 Å². The number of rotatable bonds is 6. The Hall–Kier alpha value is -1.74. The summed E-state index contributed by atoms with van der Waals surface area (Å²) in [5, 5.41) is 3.46. The highest BCUT2D eigenvalue weighted by Gasteiger charge is 2.15. The van der Waals surface area contributed by atoms with Crippen LogP contribution >= 0.6 is 0 Å². The molecular formula is C17H21FN2. The monoisotopic (exact) mass is 272 g/mol. The number of hydrogen-bond acceptors (Lipinski definition) is 2. The van der Waals surface area contributed by atoms with Gasteiger partial charge in [-0.2, -0.15) is 0 Å². The van der Waals surface area contributed by atoms with Gasteiger partial charge in [-0.3, -0.25) is 4.98 Å². The smallest absolute Gasteiger partial charge is 0.123 e. The van der Waals surface area contributed by atoms with Gasteiger partial charge in [0, 0.05) is 6.20 Å². The number of halogens is 1. The first-order valence-electron chi connectivity index (χ1n) is 7.16. The summed E-state index contributed by atoms with van der Waals surface area (Å²) in [6.07, 6.45) is 3.52. The van der Waals surface area contributed by atoms with Crippen LogP contribution in [-0.4, -0.2) is 11.5 Å². The second-order valence-electron chi connectivity index (χ2n) is 4.85. The van der Waals surface area contributed by atoms with Crippen LogP contribution in [0.15, 0.2) is 42.6 Å². The molecule has 1 atom stereocenters. The van der Waals surface area contributed by atoms with E-state index in [4.69, 9.17) is 0 Å². The van der Waals surface area contributed by atoms with Crippen molar-refractivity contribution in [2.75, 3.05) is 6.54 Å². The lowest BCUT2D eigenvalue weighted by atomic mass is 9.98. The zero-order valence-electron chi connectivity index (χ0n) is 12.1. The van der Waals surface area contributed by atoms with Crippen molar-refractivity contribution in [1.82, 2.24) is 10.3 Å². The van der Waals surface area contributed by atoms with E-state index in [0.717, 1.165) is 30.6 Å². The molecule has 106 valence electrons. The Morgan fingerprint density at radius 1 is 1.20 bits per heavy atom. The van der Waals surface area contributed by atoms with E-state index in [1.54, 1.807) is 12.1 Å². The summed E-state index contributed by atoms with van der Waals surface area (Å²) in [5.74, 6) is -0.186. The number of pyridine rings is 1. The highest BCUT2D eigenvalue weighted by atomic mass is 19.1. The van der Waals surface area contributed by atoms with Gasteiger partial charge in [-0.15, -0.1) is 0 Å². The molecule has 0 aliphatic rings. The summed E-state index contributed by atoms with van der Waals surface area (Å²) in [7, 11) is 0. The molecule has 0 radical (unpaired) electrons. The van der Waals surface area contributed by atoms with Crippen molar-refractivity contribution in [3.63, 3.8) is 0 Å². The van der Waals surface area contributed by atoms with Crippen molar-refractivity contribution in [1.29, 1.82) is 0 Å². The van der Waals surface area contributed by atoms with Crippen LogP contribution in [0.25, 0.3) is 0 Å². The molecule has 20 heavy (non-hydrogen) atoms. The minimum atomic E-state index is -0.186. The van der Waals surface area contributed by atoms with Gasteiger partial charge in [0.15, 0.2) is 0 Å². The topological polar surface area (TPSA) is 24.9 Å². The van der Waals surface area contributed by atoms with E-state index in [9.17, 15) is 4.39 Å². The minimum absolute atomic E-state index is 0.123. The normalized spacial score (nSPS) is 12.3. The number of likely N-dealkylation sites (N-methyl/N-ethyl adjacent to an activating group) is 1. The molecule has 0 saturated heterocycles. The molecule has 1 unspecified atom stereocenters. The first kappa shape index (κ1) is 14.7. The van der Waals surface area contributed by atoms with Crippen LogP contribution in [0.3, 0.4) is 0 Å². The molecule has 2 nitrogen and oxygen atoms in total. The maximum absolute atomic E-state index is 13.3. The zero-order chi connectivity index (χ0) is 14.4. The molecule has 0 amide bonds. The van der Waals surface area contributed by atoms with Gasteiger partial charge in [-0.25, -0.2) is 4.39 Å². The second kappa shape index (κ2) is 7.15. The molecule has 1 N–H and O–H groups in total. The van der Waals surface area contributed by atoms with E-state index in [2.05, 4.69) is 30.2 Å². The molecule has 0 fully saturated rings. The Morgan fingerprint density at radius 2 is 2.05 bits per heavy atom. The van der Waals surface area contributed by atoms with Crippen molar-refractivity contribution in [3.8, 4) is 0 Å². The predicted octanol–water partition coefficient (Wildman–Crippen LogP) is 3.68. The van der Waals surface area contributed by atoms with Gasteiger partial charge in [0.1, 0.15) is 5.82 Å². The Morgan fingerprint density at radius 3 is 2.75 bits per heavy atom. The molecule has 0 aliphatic carbocycles. The Kier molecular flexibility index (Phi) is 5.24. The summed E-state index contributed by atoms with van der Waals surface area (Å²) < 4.78 is 13.3. The molecule has 1 heterocycles. The van der Waals surface area contributed by atoms with Crippen LogP contribution in [0.4, 0.5) is 4.39 Å². The van der Waals surface area contributed by atoms with Crippen LogP contribution in [0.2, 0.25) is 0 Å². The highest BCUT2D eigenvalue weighted by molar-refractivity contribution is 5.26. The van der Waals surface area contributed by atoms with E-state index < -0.39 is 0 Å². The van der Waals surface area contributed by atoms with Crippen LogP contribution < -0.4 is 5.32 Å². The lowest BCUT2D eigenvalue weighted by Crippen LogP contribution is -2.25. The van der Waals surface area contributed by atoms with E-state index in [0.29, 0.717) is 0 Å². The van der Waals surface area contributed by atoms with E-state index in [1.807, 2.05) is 18.3 Å². The van der Waals surface area contributed by atoms with Gasteiger partial charge in [-0.05, 0) is 48.7 Å². The number of benzene rings is 1. The molecule has 0 saturated carbocycles. The van der Waals surface area contributed by atoms with Gasteiger partial charge in [0.2, 0.25) is 0 Å². The maximum atomic E-state index is 13.3. The fourth-order valence-corrected chi connectivity index (χ4v) is 2.48. The summed E-state index contributed by atoms with van der Waals surface area (Å²) in [6, 6.07) is 11.0. The first-order valence-corrected chi connectivity index (χ1v) is 7.16. The lowest BCUT2D eigenvalue weighted by Gasteiger charge is -2.20. The minimum Gasteiger partial charge on any atom is -0.309 e. The fourth-order valence-electron chi connectivity index (χ4n) is 2.48. The number of aromatic nitrogens is 1. The first-order chi connectivity index (χ1) is 9.74. The molecule has 1 aromatic carbocycles. The molecular weight excluding hydrogens is 251 g/mol. The average molecular weight is 272 g/mol. The standard InChI is InChI=1S/C17H21FN2/c1-3-14-8-6-10-20-17(14)16(19-4-2)12-13-7-5-9-15(18)11-13/h5-11,16,19H,3-4,12H2,1-2H3. The van der Waals surface area contributed by atoms with Crippen molar-refractivity contribution < 1.29 is 4.39 Å². The third-order valence-corrected chi connectivity index (χ3v) is 3.42. The van der Waals surface area contributed by atoms with Gasteiger partial charge in [-0.1, -0.05) is 32.0 Å². The molecule has 0 bridgehead atoms. The molecule has 0 spiro atoms. The van der Waals surface area contributed by atoms with Crippen LogP contribution in [0.5, 0.6) is 0 Å². The number of aryl methyl sites for hydroxylation is 1. The second-order valence-corrected chi connectivity index (χ2v) is 4.85. The molecule has 3 heteroatoms. The highest BCUT2D eigenvalue weighted by Crippen LogP contribution is 2.21. The molecule has 2 aromatic rings. The third kappa shape index (κ3) is 3.64. The van der Waals surface area contributed by atoms with Crippen molar-refractivity contribution in [3.05, 3.63) is 65.2 Å². The SMILES string of the molecule is CCNC(Cc1cccc(F)c1)c1ncccc1CC. The van der Waals surface area contributed by atoms with Gasteiger partial charge < -0.3 is 5.32 Å². The maximum Gasteiger partial charge on any atom is 0.123 e. The summed E-state index contributed by atoms with van der Waals surface area (Å²) >= 11 is 0. The Balaban J connectivity index is 2.26. The van der Waals surface area contributed by atoms with Crippen molar-refractivity contribution >= 4 is 0 Å². The quantitative estimate of drug-likeness (QED) is 0.867. The van der Waals surface area contributed by atoms with E-state index in [1.165, 1.54) is 11.6 Å². The molecule has 2 rings (SSSR count). The summed E-state index contributed by atoms with van der Waals surface area (Å²) in [4.78, 5) is 4.53. The fraction of sp³-hybridized carbons (Fsp3) is 0.353. The van der Waals surface area contributed by atoms with Crippen LogP contribution in [0.1, 0.15) is 36.7 Å². The van der Waals surface area contributed by atoms with Crippen molar-refractivity contribution in [2.24, 2.45) is 0 Å².